The Morgan fingerprint density at radius 3 is 2.52 bits per heavy atom. The van der Waals surface area contributed by atoms with E-state index in [0.717, 1.165) is 24.1 Å². The summed E-state index contributed by atoms with van der Waals surface area (Å²) in [6.07, 6.45) is 3.15. The molecule has 0 unspecified atom stereocenters. The monoisotopic (exact) mass is 369 g/mol. The average Bonchev–Trinajstić information content (AvgIpc) is 2.91. The number of rotatable bonds is 7. The zero-order valence-electron chi connectivity index (χ0n) is 15.5. The smallest absolute Gasteiger partial charge is 0.320 e. The number of nitrogens with zero attached hydrogens (tertiary/aromatic N) is 5. The Hall–Kier alpha value is -1.93. The molecule has 25 heavy (non-hydrogen) atoms. The normalized spacial score (nSPS) is 11.2. The highest BCUT2D eigenvalue weighted by Crippen LogP contribution is 2.18. The lowest BCUT2D eigenvalue weighted by Crippen LogP contribution is -2.39. The van der Waals surface area contributed by atoms with E-state index in [9.17, 15) is 4.79 Å². The summed E-state index contributed by atoms with van der Waals surface area (Å²) in [7, 11) is 0. The van der Waals surface area contributed by atoms with E-state index in [2.05, 4.69) is 58.3 Å². The molecule has 0 saturated carbocycles. The zero-order chi connectivity index (χ0) is 17.7. The minimum Gasteiger partial charge on any atom is -0.338 e. The lowest BCUT2D eigenvalue weighted by atomic mass is 10.2. The fourth-order valence-electron chi connectivity index (χ4n) is 2.79. The number of amides is 2. The van der Waals surface area contributed by atoms with E-state index in [-0.39, 0.29) is 18.4 Å². The predicted octanol–water partition coefficient (Wildman–Crippen LogP) is 2.51. The third kappa shape index (κ3) is 5.27. The number of carbonyl (C=O) groups excluding carboxylic acids is 1. The molecule has 0 spiro atoms. The fourth-order valence-corrected chi connectivity index (χ4v) is 2.79. The second-order valence-corrected chi connectivity index (χ2v) is 6.24. The summed E-state index contributed by atoms with van der Waals surface area (Å²) in [5.41, 5.74) is 0.726. The topological polar surface area (TPSA) is 88.0 Å². The Balaban J connectivity index is 0.00000312. The van der Waals surface area contributed by atoms with Gasteiger partial charge in [-0.05, 0) is 34.6 Å². The first-order valence-electron chi connectivity index (χ1n) is 8.41. The van der Waals surface area contributed by atoms with Gasteiger partial charge >= 0.3 is 6.03 Å². The van der Waals surface area contributed by atoms with Crippen molar-refractivity contribution in [3.05, 3.63) is 12.5 Å². The molecule has 2 rings (SSSR count). The van der Waals surface area contributed by atoms with Crippen LogP contribution in [0.2, 0.25) is 0 Å². The molecule has 0 aliphatic rings. The van der Waals surface area contributed by atoms with Crippen LogP contribution in [0.1, 0.15) is 34.6 Å². The third-order valence-electron chi connectivity index (χ3n) is 3.90. The maximum atomic E-state index is 11.7. The highest BCUT2D eigenvalue weighted by Gasteiger charge is 2.15. The molecule has 0 radical (unpaired) electrons. The first-order chi connectivity index (χ1) is 11.4. The number of nitrogens with one attached hydrogen (secondary N) is 2. The van der Waals surface area contributed by atoms with Crippen LogP contribution in [0.4, 0.5) is 10.6 Å². The molecule has 0 aliphatic carbocycles. The van der Waals surface area contributed by atoms with Gasteiger partial charge in [0.1, 0.15) is 12.1 Å². The molecule has 9 heteroatoms. The van der Waals surface area contributed by atoms with Crippen molar-refractivity contribution in [2.75, 3.05) is 18.4 Å². The molecule has 0 saturated heterocycles. The third-order valence-corrected chi connectivity index (χ3v) is 3.90. The van der Waals surface area contributed by atoms with Crippen molar-refractivity contribution < 1.29 is 4.79 Å². The summed E-state index contributed by atoms with van der Waals surface area (Å²) in [6, 6.07) is 0.656. The van der Waals surface area contributed by atoms with Crippen LogP contribution in [0.25, 0.3) is 11.0 Å². The molecule has 0 aliphatic heterocycles. The number of aromatic nitrogens is 4. The van der Waals surface area contributed by atoms with Gasteiger partial charge in [-0.15, -0.1) is 12.4 Å². The second kappa shape index (κ2) is 9.53. The summed E-state index contributed by atoms with van der Waals surface area (Å²) in [5, 5.41) is 10.6. The van der Waals surface area contributed by atoms with Crippen molar-refractivity contribution in [3.8, 4) is 0 Å². The largest absolute Gasteiger partial charge is 0.338 e. The van der Waals surface area contributed by atoms with Crippen LogP contribution in [0.3, 0.4) is 0 Å². The number of hydrogen-bond donors (Lipinski definition) is 2. The van der Waals surface area contributed by atoms with E-state index in [1.165, 1.54) is 6.33 Å². The van der Waals surface area contributed by atoms with Crippen molar-refractivity contribution in [1.29, 1.82) is 0 Å². The van der Waals surface area contributed by atoms with E-state index in [1.807, 2.05) is 11.6 Å². The van der Waals surface area contributed by atoms with Crippen LogP contribution in [-0.4, -0.2) is 55.9 Å². The van der Waals surface area contributed by atoms with Crippen LogP contribution in [0.5, 0.6) is 0 Å². The van der Waals surface area contributed by atoms with Crippen LogP contribution in [-0.2, 0) is 6.54 Å². The molecule has 0 bridgehead atoms. The van der Waals surface area contributed by atoms with Crippen LogP contribution < -0.4 is 10.6 Å². The maximum Gasteiger partial charge on any atom is 0.320 e. The molecule has 2 aromatic rings. The van der Waals surface area contributed by atoms with E-state index in [1.54, 1.807) is 6.20 Å². The standard InChI is InChI=1S/C16H27N7O.ClH/c1-6-17-16(24)21-14-13-9-20-23(15(13)19-10-18-14)8-7-22(11(2)3)12(4)5;/h9-12H,6-8H2,1-5H3,(H2,17,18,19,21,24);1H. The molecular formula is C16H28ClN7O. The van der Waals surface area contributed by atoms with Gasteiger partial charge in [-0.25, -0.2) is 19.4 Å². The maximum absolute atomic E-state index is 11.7. The summed E-state index contributed by atoms with van der Waals surface area (Å²) >= 11 is 0. The Bertz CT molecular complexity index is 678. The fraction of sp³-hybridized carbons (Fsp3) is 0.625. The number of anilines is 1. The van der Waals surface area contributed by atoms with Gasteiger partial charge < -0.3 is 5.32 Å². The summed E-state index contributed by atoms with van der Waals surface area (Å²) < 4.78 is 1.86. The second-order valence-electron chi connectivity index (χ2n) is 6.24. The quantitative estimate of drug-likeness (QED) is 0.782. The van der Waals surface area contributed by atoms with Gasteiger partial charge in [0.05, 0.1) is 18.1 Å². The first-order valence-corrected chi connectivity index (χ1v) is 8.41. The Labute approximate surface area is 154 Å². The van der Waals surface area contributed by atoms with Gasteiger partial charge in [0.2, 0.25) is 0 Å². The average molecular weight is 370 g/mol. The molecule has 2 heterocycles. The summed E-state index contributed by atoms with van der Waals surface area (Å²) in [6.45, 7) is 12.8. The Kier molecular flexibility index (Phi) is 8.05. The van der Waals surface area contributed by atoms with Crippen molar-refractivity contribution in [1.82, 2.24) is 30.0 Å². The lowest BCUT2D eigenvalue weighted by Gasteiger charge is -2.30. The number of urea groups is 1. The SMILES string of the molecule is CCNC(=O)Nc1ncnc2c1cnn2CCN(C(C)C)C(C)C.Cl. The Morgan fingerprint density at radius 1 is 1.24 bits per heavy atom. The van der Waals surface area contributed by atoms with E-state index >= 15 is 0 Å². The molecular weight excluding hydrogens is 342 g/mol. The minimum absolute atomic E-state index is 0. The zero-order valence-corrected chi connectivity index (χ0v) is 16.3. The van der Waals surface area contributed by atoms with E-state index in [4.69, 9.17) is 0 Å². The lowest BCUT2D eigenvalue weighted by molar-refractivity contribution is 0.167. The molecule has 8 nitrogen and oxygen atoms in total. The van der Waals surface area contributed by atoms with Crippen molar-refractivity contribution in [2.45, 2.75) is 53.2 Å². The van der Waals surface area contributed by atoms with E-state index in [0.29, 0.717) is 24.4 Å². The number of carbonyl (C=O) groups is 1. The molecule has 2 aromatic heterocycles. The van der Waals surface area contributed by atoms with Gasteiger partial charge in [-0.2, -0.15) is 5.10 Å². The van der Waals surface area contributed by atoms with E-state index < -0.39 is 0 Å². The number of fused-ring (bicyclic) bond motifs is 1. The van der Waals surface area contributed by atoms with Gasteiger partial charge in [0.15, 0.2) is 5.65 Å². The summed E-state index contributed by atoms with van der Waals surface area (Å²) in [5.74, 6) is 0.474. The van der Waals surface area contributed by atoms with Gasteiger partial charge in [0.25, 0.3) is 0 Å². The molecule has 0 atom stereocenters. The molecule has 2 amide bonds. The molecule has 2 N–H and O–H groups in total. The van der Waals surface area contributed by atoms with Crippen LogP contribution >= 0.6 is 12.4 Å². The first kappa shape index (κ1) is 21.1. The predicted molar refractivity (Wildman–Crippen MR) is 102 cm³/mol. The van der Waals surface area contributed by atoms with Crippen LogP contribution in [0.15, 0.2) is 12.5 Å². The molecule has 0 fully saturated rings. The highest BCUT2D eigenvalue weighted by atomic mass is 35.5. The van der Waals surface area contributed by atoms with Gasteiger partial charge in [0, 0.05) is 25.2 Å². The minimum atomic E-state index is -0.281. The van der Waals surface area contributed by atoms with Crippen molar-refractivity contribution >= 4 is 35.3 Å². The number of halogens is 1. The highest BCUT2D eigenvalue weighted by molar-refractivity contribution is 5.97. The molecule has 140 valence electrons. The van der Waals surface area contributed by atoms with Crippen molar-refractivity contribution in [3.63, 3.8) is 0 Å². The van der Waals surface area contributed by atoms with Crippen LogP contribution in [0, 0.1) is 0 Å². The number of hydrogen-bond acceptors (Lipinski definition) is 5. The van der Waals surface area contributed by atoms with Crippen molar-refractivity contribution in [2.24, 2.45) is 0 Å². The van der Waals surface area contributed by atoms with Gasteiger partial charge in [-0.3, -0.25) is 10.2 Å². The summed E-state index contributed by atoms with van der Waals surface area (Å²) in [4.78, 5) is 22.6. The Morgan fingerprint density at radius 2 is 1.92 bits per heavy atom. The van der Waals surface area contributed by atoms with Gasteiger partial charge in [-0.1, -0.05) is 0 Å². The molecule has 0 aromatic carbocycles.